The number of amides is 2. The van der Waals surface area contributed by atoms with E-state index in [1.165, 1.54) is 16.0 Å². The fourth-order valence-corrected chi connectivity index (χ4v) is 4.83. The van der Waals surface area contributed by atoms with E-state index in [-0.39, 0.29) is 23.2 Å². The molecule has 0 spiro atoms. The Morgan fingerprint density at radius 2 is 1.56 bits per heavy atom. The molecule has 0 aliphatic carbocycles. The lowest BCUT2D eigenvalue weighted by Gasteiger charge is -2.29. The van der Waals surface area contributed by atoms with Crippen molar-refractivity contribution in [3.8, 4) is 5.75 Å². The minimum Gasteiger partial charge on any atom is -0.506 e. The van der Waals surface area contributed by atoms with Crippen molar-refractivity contribution in [3.63, 3.8) is 0 Å². The van der Waals surface area contributed by atoms with Crippen LogP contribution in [0.4, 0.5) is 5.69 Å². The Bertz CT molecular complexity index is 1190. The zero-order valence-corrected chi connectivity index (χ0v) is 18.2. The van der Waals surface area contributed by atoms with Crippen molar-refractivity contribution in [2.45, 2.75) is 18.7 Å². The molecule has 0 saturated carbocycles. The van der Waals surface area contributed by atoms with Gasteiger partial charge in [0.1, 0.15) is 11.7 Å². The molecule has 3 atom stereocenters. The lowest BCUT2D eigenvalue weighted by Crippen LogP contribution is -2.37. The lowest BCUT2D eigenvalue weighted by molar-refractivity contribution is -0.143. The molecule has 1 N–H and O–H groups in total. The minimum absolute atomic E-state index is 0.0573. The fourth-order valence-electron chi connectivity index (χ4n) is 4.32. The van der Waals surface area contributed by atoms with E-state index in [0.717, 1.165) is 5.56 Å². The van der Waals surface area contributed by atoms with Crippen LogP contribution in [0.1, 0.15) is 17.2 Å². The van der Waals surface area contributed by atoms with Crippen LogP contribution in [-0.2, 0) is 21.0 Å². The predicted molar refractivity (Wildman–Crippen MR) is 120 cm³/mol. The predicted octanol–water partition coefficient (Wildman–Crippen LogP) is 4.75. The van der Waals surface area contributed by atoms with Crippen LogP contribution in [-0.4, -0.2) is 27.9 Å². The number of hydrogen-bond donors (Lipinski definition) is 1. The molecule has 2 fully saturated rings. The van der Waals surface area contributed by atoms with Gasteiger partial charge in [-0.1, -0.05) is 71.7 Å². The second kappa shape index (κ2) is 8.13. The largest absolute Gasteiger partial charge is 0.506 e. The number of fused-ring (bicyclic) bond motifs is 1. The Labute approximate surface area is 194 Å². The van der Waals surface area contributed by atoms with Crippen LogP contribution in [0.15, 0.2) is 72.8 Å². The van der Waals surface area contributed by atoms with Crippen LogP contribution in [0.5, 0.6) is 5.75 Å². The number of phenols is 1. The highest BCUT2D eigenvalue weighted by atomic mass is 35.5. The Balaban J connectivity index is 1.58. The molecule has 2 aliphatic rings. The first-order chi connectivity index (χ1) is 15.5. The van der Waals surface area contributed by atoms with Gasteiger partial charge in [-0.05, 0) is 29.8 Å². The smallest absolute Gasteiger partial charge is 0.262 e. The van der Waals surface area contributed by atoms with E-state index in [1.54, 1.807) is 18.2 Å². The van der Waals surface area contributed by atoms with Gasteiger partial charge in [-0.15, -0.1) is 0 Å². The van der Waals surface area contributed by atoms with Crippen molar-refractivity contribution in [1.82, 2.24) is 4.90 Å². The number of rotatable bonds is 4. The van der Waals surface area contributed by atoms with E-state index in [1.807, 2.05) is 48.5 Å². The van der Waals surface area contributed by atoms with Crippen molar-refractivity contribution in [1.29, 1.82) is 0 Å². The van der Waals surface area contributed by atoms with Gasteiger partial charge in [0.15, 0.2) is 6.10 Å². The third kappa shape index (κ3) is 3.41. The third-order valence-corrected chi connectivity index (χ3v) is 6.28. The molecule has 8 heteroatoms. The summed E-state index contributed by atoms with van der Waals surface area (Å²) in [4.78, 5) is 34.0. The number of hydrogen-bond acceptors (Lipinski definition) is 5. The molecule has 3 aromatic carbocycles. The van der Waals surface area contributed by atoms with Gasteiger partial charge >= 0.3 is 0 Å². The van der Waals surface area contributed by atoms with E-state index in [4.69, 9.17) is 28.0 Å². The second-order valence-corrected chi connectivity index (χ2v) is 8.58. The van der Waals surface area contributed by atoms with Gasteiger partial charge in [-0.2, -0.15) is 0 Å². The average Bonchev–Trinajstić information content (AvgIpc) is 3.29. The normalized spacial score (nSPS) is 22.5. The van der Waals surface area contributed by atoms with Gasteiger partial charge < -0.3 is 5.11 Å². The molecular formula is C24H18Cl2N2O4. The van der Waals surface area contributed by atoms with Gasteiger partial charge in [0.25, 0.3) is 5.91 Å². The van der Waals surface area contributed by atoms with Crippen LogP contribution < -0.4 is 5.06 Å². The maximum absolute atomic E-state index is 13.5. The summed E-state index contributed by atoms with van der Waals surface area (Å²) in [5.74, 6) is -1.86. The number of carbonyl (C=O) groups is 2. The lowest BCUT2D eigenvalue weighted by atomic mass is 9.90. The van der Waals surface area contributed by atoms with Gasteiger partial charge in [0, 0.05) is 10.6 Å². The number of anilines is 1. The van der Waals surface area contributed by atoms with Crippen molar-refractivity contribution >= 4 is 40.7 Å². The second-order valence-electron chi connectivity index (χ2n) is 7.73. The highest BCUT2D eigenvalue weighted by molar-refractivity contribution is 6.35. The number of hydroxylamine groups is 1. The quantitative estimate of drug-likeness (QED) is 0.559. The van der Waals surface area contributed by atoms with E-state index >= 15 is 0 Å². The Morgan fingerprint density at radius 1 is 0.906 bits per heavy atom. The molecule has 6 nitrogen and oxygen atoms in total. The molecular weight excluding hydrogens is 451 g/mol. The van der Waals surface area contributed by atoms with Crippen LogP contribution in [0.3, 0.4) is 0 Å². The van der Waals surface area contributed by atoms with E-state index in [0.29, 0.717) is 16.3 Å². The van der Waals surface area contributed by atoms with Crippen LogP contribution in [0.25, 0.3) is 0 Å². The Hall–Kier alpha value is -3.06. The zero-order chi connectivity index (χ0) is 22.4. The standard InChI is InChI=1S/C24H18Cl2N2O4/c25-15-11-17(21(29)18(26)12-15)20-19-22(32-28(20)16-9-5-2-6-10-16)24(31)27(23(19)30)13-14-7-3-1-4-8-14/h1-12,19-20,22,29H,13H2/t19-,20+,22-/m0/s1. The van der Waals surface area contributed by atoms with E-state index in [2.05, 4.69) is 0 Å². The summed E-state index contributed by atoms with van der Waals surface area (Å²) in [7, 11) is 0. The van der Waals surface area contributed by atoms with Crippen molar-refractivity contribution < 1.29 is 19.5 Å². The first-order valence-corrected chi connectivity index (χ1v) is 10.8. The first-order valence-electron chi connectivity index (χ1n) is 10.0. The molecule has 2 aliphatic heterocycles. The summed E-state index contributed by atoms with van der Waals surface area (Å²) in [6.45, 7) is 0.148. The molecule has 0 unspecified atom stereocenters. The zero-order valence-electron chi connectivity index (χ0n) is 16.7. The van der Waals surface area contributed by atoms with E-state index in [9.17, 15) is 14.7 Å². The van der Waals surface area contributed by atoms with Gasteiger partial charge in [-0.25, -0.2) is 5.06 Å². The Morgan fingerprint density at radius 3 is 2.25 bits per heavy atom. The topological polar surface area (TPSA) is 70.1 Å². The van der Waals surface area contributed by atoms with E-state index < -0.39 is 24.0 Å². The van der Waals surface area contributed by atoms with Crippen molar-refractivity contribution in [2.75, 3.05) is 5.06 Å². The Kier molecular flexibility index (Phi) is 5.29. The molecule has 3 aromatic rings. The van der Waals surface area contributed by atoms with Crippen LogP contribution >= 0.6 is 23.2 Å². The highest BCUT2D eigenvalue weighted by Crippen LogP contribution is 2.50. The number of phenolic OH excluding ortho intramolecular Hbond substituents is 1. The molecule has 0 radical (unpaired) electrons. The maximum Gasteiger partial charge on any atom is 0.262 e. The molecule has 2 saturated heterocycles. The number of para-hydroxylation sites is 1. The maximum atomic E-state index is 13.5. The third-order valence-electron chi connectivity index (χ3n) is 5.78. The number of likely N-dealkylation sites (tertiary alicyclic amines) is 1. The molecule has 0 aromatic heterocycles. The van der Waals surface area contributed by atoms with Gasteiger partial charge in [0.2, 0.25) is 5.91 Å². The molecule has 2 heterocycles. The molecule has 2 amide bonds. The number of benzene rings is 3. The van der Waals surface area contributed by atoms with Crippen molar-refractivity contribution in [3.05, 3.63) is 94.0 Å². The van der Waals surface area contributed by atoms with Gasteiger partial charge in [0.05, 0.1) is 23.3 Å². The van der Waals surface area contributed by atoms with Crippen LogP contribution in [0, 0.1) is 5.92 Å². The summed E-state index contributed by atoms with van der Waals surface area (Å²) < 4.78 is 0. The van der Waals surface area contributed by atoms with Crippen molar-refractivity contribution in [2.24, 2.45) is 5.92 Å². The fraction of sp³-hybridized carbons (Fsp3) is 0.167. The number of imide groups is 1. The molecule has 0 bridgehead atoms. The monoisotopic (exact) mass is 468 g/mol. The summed E-state index contributed by atoms with van der Waals surface area (Å²) in [6.07, 6.45) is -1.02. The number of halogens is 2. The van der Waals surface area contributed by atoms with Crippen LogP contribution in [0.2, 0.25) is 10.0 Å². The molecule has 5 rings (SSSR count). The molecule has 162 valence electrons. The van der Waals surface area contributed by atoms with Gasteiger partial charge in [-0.3, -0.25) is 19.3 Å². The average molecular weight is 469 g/mol. The summed E-state index contributed by atoms with van der Waals surface area (Å²) in [6, 6.07) is 20.5. The minimum atomic E-state index is -1.02. The number of aromatic hydroxyl groups is 1. The summed E-state index contributed by atoms with van der Waals surface area (Å²) in [5, 5.41) is 12.6. The number of nitrogens with zero attached hydrogens (tertiary/aromatic N) is 2. The summed E-state index contributed by atoms with van der Waals surface area (Å²) in [5.41, 5.74) is 1.79. The number of carbonyl (C=O) groups excluding carboxylic acids is 2. The first kappa shape index (κ1) is 20.8. The highest BCUT2D eigenvalue weighted by Gasteiger charge is 2.60. The molecule has 32 heavy (non-hydrogen) atoms. The summed E-state index contributed by atoms with van der Waals surface area (Å²) >= 11 is 12.4. The SMILES string of the molecule is O=C1[C@@H]2[C@H](ON(c3ccccc3)[C@@H]2c2cc(Cl)cc(Cl)c2O)C(=O)N1Cc1ccccc1.